The van der Waals surface area contributed by atoms with Crippen LogP contribution in [0.4, 0.5) is 0 Å². The van der Waals surface area contributed by atoms with Gasteiger partial charge in [-0.1, -0.05) is 17.3 Å². The standard InChI is InChI=1S/C13H16BrN3OS2/c1-19-7-6-10(15)13-16-12(17-18-13)8-20-11-5-3-2-4-9(11)14/h2-5,10H,6-8,15H2,1H3/t10-/m0/s1. The first-order chi connectivity index (χ1) is 9.70. The molecule has 108 valence electrons. The first-order valence-corrected chi connectivity index (χ1v) is 9.32. The second-order valence-corrected chi connectivity index (χ2v) is 7.01. The van der Waals surface area contributed by atoms with Crippen molar-refractivity contribution in [1.82, 2.24) is 10.1 Å². The van der Waals surface area contributed by atoms with E-state index in [1.807, 2.05) is 18.2 Å². The molecule has 1 aromatic heterocycles. The van der Waals surface area contributed by atoms with Gasteiger partial charge in [0.05, 0.1) is 11.8 Å². The van der Waals surface area contributed by atoms with Crippen LogP contribution < -0.4 is 5.73 Å². The van der Waals surface area contributed by atoms with Crippen LogP contribution in [-0.4, -0.2) is 22.1 Å². The van der Waals surface area contributed by atoms with E-state index in [1.54, 1.807) is 23.5 Å². The summed E-state index contributed by atoms with van der Waals surface area (Å²) in [5, 5.41) is 3.98. The number of nitrogens with two attached hydrogens (primary N) is 1. The van der Waals surface area contributed by atoms with E-state index in [4.69, 9.17) is 10.3 Å². The minimum atomic E-state index is -0.169. The average molecular weight is 374 g/mol. The topological polar surface area (TPSA) is 64.9 Å². The van der Waals surface area contributed by atoms with Crippen LogP contribution >= 0.6 is 39.5 Å². The summed E-state index contributed by atoms with van der Waals surface area (Å²) in [4.78, 5) is 5.52. The third kappa shape index (κ3) is 4.51. The molecule has 0 amide bonds. The van der Waals surface area contributed by atoms with Crippen molar-refractivity contribution in [2.24, 2.45) is 5.73 Å². The number of thioether (sulfide) groups is 2. The smallest absolute Gasteiger partial charge is 0.243 e. The zero-order valence-corrected chi connectivity index (χ0v) is 14.3. The van der Waals surface area contributed by atoms with Gasteiger partial charge in [0.25, 0.3) is 0 Å². The summed E-state index contributed by atoms with van der Waals surface area (Å²) in [6.07, 6.45) is 2.90. The number of hydrogen-bond acceptors (Lipinski definition) is 6. The highest BCUT2D eigenvalue weighted by Gasteiger charge is 2.14. The van der Waals surface area contributed by atoms with Gasteiger partial charge in [-0.3, -0.25) is 0 Å². The van der Waals surface area contributed by atoms with Crippen molar-refractivity contribution in [1.29, 1.82) is 0 Å². The molecule has 0 saturated carbocycles. The Balaban J connectivity index is 1.91. The summed E-state index contributed by atoms with van der Waals surface area (Å²) in [7, 11) is 0. The molecule has 0 aliphatic carbocycles. The predicted molar refractivity (Wildman–Crippen MR) is 87.9 cm³/mol. The van der Waals surface area contributed by atoms with Crippen molar-refractivity contribution in [3.63, 3.8) is 0 Å². The van der Waals surface area contributed by atoms with E-state index in [9.17, 15) is 0 Å². The number of aromatic nitrogens is 2. The maximum Gasteiger partial charge on any atom is 0.243 e. The maximum absolute atomic E-state index is 6.00. The van der Waals surface area contributed by atoms with Crippen LogP contribution in [-0.2, 0) is 5.75 Å². The first-order valence-electron chi connectivity index (χ1n) is 6.15. The van der Waals surface area contributed by atoms with Gasteiger partial charge in [0.15, 0.2) is 5.82 Å². The molecule has 2 N–H and O–H groups in total. The van der Waals surface area contributed by atoms with Gasteiger partial charge in [-0.25, -0.2) is 0 Å². The van der Waals surface area contributed by atoms with Crippen molar-refractivity contribution in [3.05, 3.63) is 40.5 Å². The second-order valence-electron chi connectivity index (χ2n) is 4.16. The summed E-state index contributed by atoms with van der Waals surface area (Å²) >= 11 is 6.95. The Bertz CT molecular complexity index is 550. The quantitative estimate of drug-likeness (QED) is 0.742. The molecule has 0 aliphatic heterocycles. The van der Waals surface area contributed by atoms with Crippen LogP contribution in [0.3, 0.4) is 0 Å². The monoisotopic (exact) mass is 373 g/mol. The molecule has 0 unspecified atom stereocenters. The van der Waals surface area contributed by atoms with Crippen molar-refractivity contribution >= 4 is 39.5 Å². The lowest BCUT2D eigenvalue weighted by Crippen LogP contribution is -2.11. The molecular formula is C13H16BrN3OS2. The number of rotatable bonds is 7. The molecule has 0 spiro atoms. The third-order valence-electron chi connectivity index (χ3n) is 2.63. The van der Waals surface area contributed by atoms with Gasteiger partial charge >= 0.3 is 0 Å². The van der Waals surface area contributed by atoms with Crippen LogP contribution in [0.2, 0.25) is 0 Å². The summed E-state index contributed by atoms with van der Waals surface area (Å²) in [6, 6.07) is 7.90. The SMILES string of the molecule is CSCC[C@H](N)c1nc(CSc2ccccc2Br)no1. The molecular weight excluding hydrogens is 358 g/mol. The highest BCUT2D eigenvalue weighted by molar-refractivity contribution is 9.10. The fourth-order valence-corrected chi connectivity index (χ4v) is 3.45. The Hall–Kier alpha value is -0.500. The number of nitrogens with zero attached hydrogens (tertiary/aromatic N) is 2. The average Bonchev–Trinajstić information content (AvgIpc) is 2.93. The minimum Gasteiger partial charge on any atom is -0.338 e. The molecule has 1 aromatic carbocycles. The largest absolute Gasteiger partial charge is 0.338 e. The minimum absolute atomic E-state index is 0.169. The second kappa shape index (κ2) is 8.07. The van der Waals surface area contributed by atoms with Crippen LogP contribution in [0.5, 0.6) is 0 Å². The molecule has 0 radical (unpaired) electrons. The highest BCUT2D eigenvalue weighted by Crippen LogP contribution is 2.29. The Kier molecular flexibility index (Phi) is 6.41. The van der Waals surface area contributed by atoms with E-state index in [2.05, 4.69) is 38.4 Å². The lowest BCUT2D eigenvalue weighted by molar-refractivity contribution is 0.350. The fraction of sp³-hybridized carbons (Fsp3) is 0.385. The number of hydrogen-bond donors (Lipinski definition) is 1. The van der Waals surface area contributed by atoms with E-state index in [-0.39, 0.29) is 6.04 Å². The van der Waals surface area contributed by atoms with E-state index in [1.165, 1.54) is 0 Å². The van der Waals surface area contributed by atoms with Gasteiger partial charge in [0, 0.05) is 9.37 Å². The molecule has 2 aromatic rings. The normalized spacial score (nSPS) is 12.6. The summed E-state index contributed by atoms with van der Waals surface area (Å²) in [5.74, 6) is 2.87. The van der Waals surface area contributed by atoms with Gasteiger partial charge in [0.2, 0.25) is 5.89 Å². The van der Waals surface area contributed by atoms with Crippen LogP contribution in [0, 0.1) is 0 Å². The van der Waals surface area contributed by atoms with Gasteiger partial charge < -0.3 is 10.3 Å². The van der Waals surface area contributed by atoms with Crippen molar-refractivity contribution in [2.75, 3.05) is 12.0 Å². The van der Waals surface area contributed by atoms with E-state index in [0.29, 0.717) is 17.5 Å². The van der Waals surface area contributed by atoms with Crippen LogP contribution in [0.1, 0.15) is 24.2 Å². The predicted octanol–water partition coefficient (Wildman–Crippen LogP) is 3.88. The van der Waals surface area contributed by atoms with Gasteiger partial charge in [-0.15, -0.1) is 11.8 Å². The van der Waals surface area contributed by atoms with Crippen LogP contribution in [0.15, 0.2) is 38.2 Å². The molecule has 0 fully saturated rings. The van der Waals surface area contributed by atoms with Crippen molar-refractivity contribution < 1.29 is 4.52 Å². The molecule has 0 aliphatic rings. The van der Waals surface area contributed by atoms with Crippen molar-refractivity contribution in [3.8, 4) is 0 Å². The Morgan fingerprint density at radius 3 is 2.95 bits per heavy atom. The highest BCUT2D eigenvalue weighted by atomic mass is 79.9. The van der Waals surface area contributed by atoms with E-state index in [0.717, 1.165) is 21.5 Å². The zero-order valence-electron chi connectivity index (χ0n) is 11.1. The van der Waals surface area contributed by atoms with Gasteiger partial charge in [0.1, 0.15) is 0 Å². The first kappa shape index (κ1) is 15.9. The molecule has 1 heterocycles. The third-order valence-corrected chi connectivity index (χ3v) is 5.29. The summed E-state index contributed by atoms with van der Waals surface area (Å²) in [5.41, 5.74) is 6.00. The Morgan fingerprint density at radius 1 is 1.40 bits per heavy atom. The molecule has 0 saturated heterocycles. The van der Waals surface area contributed by atoms with Crippen molar-refractivity contribution in [2.45, 2.75) is 23.1 Å². The molecule has 1 atom stereocenters. The molecule has 4 nitrogen and oxygen atoms in total. The molecule has 2 rings (SSSR count). The lowest BCUT2D eigenvalue weighted by Gasteiger charge is -2.03. The van der Waals surface area contributed by atoms with Gasteiger partial charge in [-0.05, 0) is 46.5 Å². The molecule has 20 heavy (non-hydrogen) atoms. The van der Waals surface area contributed by atoms with Crippen LogP contribution in [0.25, 0.3) is 0 Å². The Labute approximate surface area is 135 Å². The number of benzene rings is 1. The maximum atomic E-state index is 6.00. The van der Waals surface area contributed by atoms with E-state index < -0.39 is 0 Å². The molecule has 7 heteroatoms. The van der Waals surface area contributed by atoms with E-state index >= 15 is 0 Å². The number of halogens is 1. The molecule has 0 bridgehead atoms. The lowest BCUT2D eigenvalue weighted by atomic mass is 10.2. The summed E-state index contributed by atoms with van der Waals surface area (Å²) in [6.45, 7) is 0. The summed E-state index contributed by atoms with van der Waals surface area (Å²) < 4.78 is 6.30. The fourth-order valence-electron chi connectivity index (χ4n) is 1.55. The zero-order chi connectivity index (χ0) is 14.4. The van der Waals surface area contributed by atoms with Gasteiger partial charge in [-0.2, -0.15) is 16.7 Å². The Morgan fingerprint density at radius 2 is 2.20 bits per heavy atom.